The van der Waals surface area contributed by atoms with Gasteiger partial charge < -0.3 is 4.90 Å². The number of nitrogens with zero attached hydrogens (tertiary/aromatic N) is 2. The van der Waals surface area contributed by atoms with Crippen LogP contribution in [0.3, 0.4) is 0 Å². The van der Waals surface area contributed by atoms with E-state index in [9.17, 15) is 18.8 Å². The van der Waals surface area contributed by atoms with Crippen molar-refractivity contribution in [3.05, 3.63) is 66.0 Å². The van der Waals surface area contributed by atoms with Gasteiger partial charge in [-0.3, -0.25) is 14.4 Å². The molecule has 1 atom stereocenters. The summed E-state index contributed by atoms with van der Waals surface area (Å²) >= 11 is 0. The average Bonchev–Trinajstić information content (AvgIpc) is 2.89. The van der Waals surface area contributed by atoms with Crippen LogP contribution in [-0.4, -0.2) is 28.7 Å². The van der Waals surface area contributed by atoms with E-state index in [0.717, 1.165) is 4.90 Å². The molecule has 6 heteroatoms. The molecular weight excluding hydrogens is 323 g/mol. The lowest BCUT2D eigenvalue weighted by molar-refractivity contribution is -0.137. The standard InChI is InChI=1S/C19H17FN2O3/c1-13(23)21(12-14-7-9-15(20)10-8-14)17-11-18(24)22(19(17)25)16-5-3-2-4-6-16/h2-10,17H,11-12H2,1H3. The van der Waals surface area contributed by atoms with Crippen molar-refractivity contribution in [1.29, 1.82) is 0 Å². The highest BCUT2D eigenvalue weighted by atomic mass is 19.1. The fourth-order valence-corrected chi connectivity index (χ4v) is 2.94. The molecule has 1 heterocycles. The lowest BCUT2D eigenvalue weighted by Crippen LogP contribution is -2.44. The largest absolute Gasteiger partial charge is 0.326 e. The molecule has 0 aromatic heterocycles. The van der Waals surface area contributed by atoms with Gasteiger partial charge in [0.05, 0.1) is 12.1 Å². The minimum Gasteiger partial charge on any atom is -0.326 e. The first-order valence-corrected chi connectivity index (χ1v) is 7.91. The summed E-state index contributed by atoms with van der Waals surface area (Å²) in [6.07, 6.45) is -0.0610. The van der Waals surface area contributed by atoms with Crippen molar-refractivity contribution in [3.63, 3.8) is 0 Å². The summed E-state index contributed by atoms with van der Waals surface area (Å²) in [4.78, 5) is 39.6. The molecule has 1 saturated heterocycles. The Morgan fingerprint density at radius 2 is 1.76 bits per heavy atom. The number of amides is 3. The Balaban J connectivity index is 1.85. The molecule has 0 spiro atoms. The van der Waals surface area contributed by atoms with E-state index in [0.29, 0.717) is 11.3 Å². The highest BCUT2D eigenvalue weighted by Gasteiger charge is 2.43. The average molecular weight is 340 g/mol. The van der Waals surface area contributed by atoms with Gasteiger partial charge in [-0.2, -0.15) is 0 Å². The first kappa shape index (κ1) is 16.8. The number of hydrogen-bond donors (Lipinski definition) is 0. The van der Waals surface area contributed by atoms with Crippen molar-refractivity contribution in [1.82, 2.24) is 4.90 Å². The van der Waals surface area contributed by atoms with Crippen molar-refractivity contribution in [2.45, 2.75) is 25.9 Å². The van der Waals surface area contributed by atoms with Gasteiger partial charge in [-0.05, 0) is 29.8 Å². The predicted molar refractivity (Wildman–Crippen MR) is 90.0 cm³/mol. The molecule has 25 heavy (non-hydrogen) atoms. The van der Waals surface area contributed by atoms with E-state index < -0.39 is 11.9 Å². The fraction of sp³-hybridized carbons (Fsp3) is 0.211. The topological polar surface area (TPSA) is 57.7 Å². The lowest BCUT2D eigenvalue weighted by Gasteiger charge is -2.26. The number of carbonyl (C=O) groups is 3. The van der Waals surface area contributed by atoms with E-state index in [1.54, 1.807) is 42.5 Å². The number of rotatable bonds is 4. The van der Waals surface area contributed by atoms with Crippen molar-refractivity contribution in [3.8, 4) is 0 Å². The van der Waals surface area contributed by atoms with Crippen molar-refractivity contribution in [2.24, 2.45) is 0 Å². The quantitative estimate of drug-likeness (QED) is 0.804. The second-order valence-electron chi connectivity index (χ2n) is 5.90. The van der Waals surface area contributed by atoms with Crippen LogP contribution in [0.15, 0.2) is 54.6 Å². The zero-order valence-corrected chi connectivity index (χ0v) is 13.7. The highest BCUT2D eigenvalue weighted by Crippen LogP contribution is 2.26. The molecule has 128 valence electrons. The molecule has 2 aromatic carbocycles. The first-order valence-electron chi connectivity index (χ1n) is 7.91. The molecule has 3 amide bonds. The van der Waals surface area contributed by atoms with Crippen LogP contribution in [0.5, 0.6) is 0 Å². The van der Waals surface area contributed by atoms with Crippen LogP contribution in [0.1, 0.15) is 18.9 Å². The fourth-order valence-electron chi connectivity index (χ4n) is 2.94. The summed E-state index contributed by atoms with van der Waals surface area (Å²) < 4.78 is 13.0. The minimum absolute atomic E-state index is 0.0610. The Morgan fingerprint density at radius 1 is 1.12 bits per heavy atom. The molecule has 3 rings (SSSR count). The Labute approximate surface area is 144 Å². The predicted octanol–water partition coefficient (Wildman–Crippen LogP) is 2.51. The molecule has 1 fully saturated rings. The highest BCUT2D eigenvalue weighted by molar-refractivity contribution is 6.22. The molecular formula is C19H17FN2O3. The maximum Gasteiger partial charge on any atom is 0.257 e. The van der Waals surface area contributed by atoms with Crippen molar-refractivity contribution < 1.29 is 18.8 Å². The minimum atomic E-state index is -0.852. The van der Waals surface area contributed by atoms with E-state index in [-0.39, 0.29) is 30.6 Å². The number of imide groups is 1. The van der Waals surface area contributed by atoms with Gasteiger partial charge in [-0.1, -0.05) is 30.3 Å². The van der Waals surface area contributed by atoms with Gasteiger partial charge in [0, 0.05) is 13.5 Å². The summed E-state index contributed by atoms with van der Waals surface area (Å²) in [5, 5.41) is 0. The zero-order valence-electron chi connectivity index (χ0n) is 13.7. The van der Waals surface area contributed by atoms with E-state index in [4.69, 9.17) is 0 Å². The zero-order chi connectivity index (χ0) is 18.0. The Bertz CT molecular complexity index is 805. The summed E-state index contributed by atoms with van der Waals surface area (Å²) in [6.45, 7) is 1.49. The van der Waals surface area contributed by atoms with Gasteiger partial charge in [0.1, 0.15) is 11.9 Å². The monoisotopic (exact) mass is 340 g/mol. The van der Waals surface area contributed by atoms with Gasteiger partial charge in [0.25, 0.3) is 5.91 Å². The van der Waals surface area contributed by atoms with Crippen LogP contribution >= 0.6 is 0 Å². The van der Waals surface area contributed by atoms with Crippen LogP contribution in [0.4, 0.5) is 10.1 Å². The molecule has 1 aliphatic rings. The summed E-state index contributed by atoms with van der Waals surface area (Å²) in [7, 11) is 0. The summed E-state index contributed by atoms with van der Waals surface area (Å²) in [5.74, 6) is -1.45. The van der Waals surface area contributed by atoms with Crippen LogP contribution in [0, 0.1) is 5.82 Å². The molecule has 0 bridgehead atoms. The Kier molecular flexibility index (Phi) is 4.61. The second kappa shape index (κ2) is 6.84. The maximum atomic E-state index is 13.0. The second-order valence-corrected chi connectivity index (χ2v) is 5.90. The van der Waals surface area contributed by atoms with E-state index in [2.05, 4.69) is 0 Å². The molecule has 0 saturated carbocycles. The molecule has 1 aliphatic heterocycles. The van der Waals surface area contributed by atoms with Crippen LogP contribution in [0.25, 0.3) is 0 Å². The Morgan fingerprint density at radius 3 is 2.36 bits per heavy atom. The van der Waals surface area contributed by atoms with Crippen molar-refractivity contribution >= 4 is 23.4 Å². The number of carbonyl (C=O) groups excluding carboxylic acids is 3. The van der Waals surface area contributed by atoms with Gasteiger partial charge in [-0.15, -0.1) is 0 Å². The van der Waals surface area contributed by atoms with Gasteiger partial charge in [-0.25, -0.2) is 9.29 Å². The number of hydrogen-bond acceptors (Lipinski definition) is 3. The van der Waals surface area contributed by atoms with Crippen LogP contribution < -0.4 is 4.90 Å². The third kappa shape index (κ3) is 3.42. The van der Waals surface area contributed by atoms with Gasteiger partial charge >= 0.3 is 0 Å². The molecule has 0 N–H and O–H groups in total. The van der Waals surface area contributed by atoms with E-state index >= 15 is 0 Å². The third-order valence-electron chi connectivity index (χ3n) is 4.18. The van der Waals surface area contributed by atoms with E-state index in [1.165, 1.54) is 24.0 Å². The smallest absolute Gasteiger partial charge is 0.257 e. The molecule has 0 aliphatic carbocycles. The SMILES string of the molecule is CC(=O)N(Cc1ccc(F)cc1)C1CC(=O)N(c2ccccc2)C1=O. The van der Waals surface area contributed by atoms with Crippen molar-refractivity contribution in [2.75, 3.05) is 4.90 Å². The number of anilines is 1. The third-order valence-corrected chi connectivity index (χ3v) is 4.18. The molecule has 2 aromatic rings. The first-order chi connectivity index (χ1) is 12.0. The van der Waals surface area contributed by atoms with Crippen LogP contribution in [0.2, 0.25) is 0 Å². The van der Waals surface area contributed by atoms with Gasteiger partial charge in [0.15, 0.2) is 0 Å². The lowest BCUT2D eigenvalue weighted by atomic mass is 10.1. The van der Waals surface area contributed by atoms with E-state index in [1.807, 2.05) is 0 Å². The Hall–Kier alpha value is -3.02. The maximum absolute atomic E-state index is 13.0. The van der Waals surface area contributed by atoms with Crippen LogP contribution in [-0.2, 0) is 20.9 Å². The normalized spacial score (nSPS) is 17.0. The number of para-hydroxylation sites is 1. The van der Waals surface area contributed by atoms with Gasteiger partial charge in [0.2, 0.25) is 11.8 Å². The summed E-state index contributed by atoms with van der Waals surface area (Å²) in [6, 6.07) is 13.5. The molecule has 5 nitrogen and oxygen atoms in total. The molecule has 1 unspecified atom stereocenters. The number of halogens is 1. The molecule has 0 radical (unpaired) electrons. The number of benzene rings is 2. The summed E-state index contributed by atoms with van der Waals surface area (Å²) in [5.41, 5.74) is 1.18.